The van der Waals surface area contributed by atoms with Crippen molar-refractivity contribution in [1.82, 2.24) is 4.90 Å². The molecule has 1 unspecified atom stereocenters. The van der Waals surface area contributed by atoms with Crippen LogP contribution < -0.4 is 10.5 Å². The Balaban J connectivity index is 1.78. The molecule has 5 heteroatoms. The Kier molecular flexibility index (Phi) is 4.01. The van der Waals surface area contributed by atoms with Gasteiger partial charge in [-0.25, -0.2) is 0 Å². The maximum atomic E-state index is 12.8. The van der Waals surface area contributed by atoms with Gasteiger partial charge in [-0.15, -0.1) is 0 Å². The lowest BCUT2D eigenvalue weighted by Crippen LogP contribution is -2.37. The van der Waals surface area contributed by atoms with Crippen molar-refractivity contribution in [3.8, 4) is 5.75 Å². The molecular weight excluding hydrogens is 268 g/mol. The second kappa shape index (κ2) is 5.93. The van der Waals surface area contributed by atoms with Crippen LogP contribution >= 0.6 is 0 Å². The SMILES string of the molecule is COc1cc(N)cc(C(=O)N(CC2CCOC2)C2CC2)c1. The number of hydrogen-bond donors (Lipinski definition) is 1. The van der Waals surface area contributed by atoms with E-state index in [4.69, 9.17) is 15.2 Å². The zero-order valence-corrected chi connectivity index (χ0v) is 12.4. The number of carbonyl (C=O) groups excluding carboxylic acids is 1. The number of carbonyl (C=O) groups is 1. The fourth-order valence-corrected chi connectivity index (χ4v) is 2.82. The lowest BCUT2D eigenvalue weighted by Gasteiger charge is -2.25. The number of ether oxygens (including phenoxy) is 2. The minimum Gasteiger partial charge on any atom is -0.497 e. The van der Waals surface area contributed by atoms with Gasteiger partial charge >= 0.3 is 0 Å². The number of methoxy groups -OCH3 is 1. The molecule has 1 saturated heterocycles. The average Bonchev–Trinajstić information content (AvgIpc) is 3.20. The Bertz CT molecular complexity index is 522. The van der Waals surface area contributed by atoms with Gasteiger partial charge in [-0.2, -0.15) is 0 Å². The van der Waals surface area contributed by atoms with Crippen LogP contribution in [0, 0.1) is 5.92 Å². The van der Waals surface area contributed by atoms with E-state index in [0.717, 1.165) is 39.0 Å². The topological polar surface area (TPSA) is 64.8 Å². The van der Waals surface area contributed by atoms with E-state index in [9.17, 15) is 4.79 Å². The van der Waals surface area contributed by atoms with E-state index >= 15 is 0 Å². The highest BCUT2D eigenvalue weighted by Gasteiger charge is 2.35. The van der Waals surface area contributed by atoms with Crippen molar-refractivity contribution in [3.05, 3.63) is 23.8 Å². The Morgan fingerprint density at radius 1 is 1.38 bits per heavy atom. The van der Waals surface area contributed by atoms with E-state index in [0.29, 0.717) is 29.0 Å². The van der Waals surface area contributed by atoms with Crippen LogP contribution in [0.4, 0.5) is 5.69 Å². The number of benzene rings is 1. The highest BCUT2D eigenvalue weighted by molar-refractivity contribution is 5.96. The standard InChI is InChI=1S/C16H22N2O3/c1-20-15-7-12(6-13(17)8-15)16(19)18(14-2-3-14)9-11-4-5-21-10-11/h6-8,11,14H,2-5,9-10,17H2,1H3. The predicted octanol–water partition coefficient (Wildman–Crippen LogP) is 1.92. The molecule has 1 aromatic rings. The van der Waals surface area contributed by atoms with Crippen LogP contribution in [-0.2, 0) is 4.74 Å². The van der Waals surface area contributed by atoms with Crippen LogP contribution in [0.1, 0.15) is 29.6 Å². The molecule has 1 amide bonds. The summed E-state index contributed by atoms with van der Waals surface area (Å²) in [7, 11) is 1.58. The fraction of sp³-hybridized carbons (Fsp3) is 0.562. The van der Waals surface area contributed by atoms with Gasteiger partial charge in [-0.05, 0) is 31.4 Å². The Hall–Kier alpha value is -1.75. The summed E-state index contributed by atoms with van der Waals surface area (Å²) in [5, 5.41) is 0. The molecule has 2 aliphatic rings. The van der Waals surface area contributed by atoms with Gasteiger partial charge in [0.1, 0.15) is 5.75 Å². The van der Waals surface area contributed by atoms with Crippen molar-refractivity contribution in [3.63, 3.8) is 0 Å². The highest BCUT2D eigenvalue weighted by atomic mass is 16.5. The number of rotatable bonds is 5. The maximum Gasteiger partial charge on any atom is 0.254 e. The number of amides is 1. The molecule has 3 rings (SSSR count). The number of nitrogen functional groups attached to an aromatic ring is 1. The lowest BCUT2D eigenvalue weighted by atomic mass is 10.1. The van der Waals surface area contributed by atoms with Gasteiger partial charge in [0.25, 0.3) is 5.91 Å². The first-order valence-electron chi connectivity index (χ1n) is 7.50. The molecule has 1 saturated carbocycles. The van der Waals surface area contributed by atoms with Gasteiger partial charge in [-0.1, -0.05) is 0 Å². The number of hydrogen-bond acceptors (Lipinski definition) is 4. The minimum absolute atomic E-state index is 0.0509. The summed E-state index contributed by atoms with van der Waals surface area (Å²) in [6, 6.07) is 5.60. The van der Waals surface area contributed by atoms with Crippen LogP contribution in [0.5, 0.6) is 5.75 Å². The quantitative estimate of drug-likeness (QED) is 0.841. The van der Waals surface area contributed by atoms with Crippen LogP contribution in [-0.4, -0.2) is 43.7 Å². The summed E-state index contributed by atoms with van der Waals surface area (Å²) in [5.41, 5.74) is 7.02. The van der Waals surface area contributed by atoms with Gasteiger partial charge in [0.05, 0.1) is 13.7 Å². The highest BCUT2D eigenvalue weighted by Crippen LogP contribution is 2.31. The van der Waals surface area contributed by atoms with E-state index in [-0.39, 0.29) is 5.91 Å². The molecule has 0 radical (unpaired) electrons. The first-order chi connectivity index (χ1) is 10.2. The van der Waals surface area contributed by atoms with Crippen LogP contribution in [0.3, 0.4) is 0 Å². The van der Waals surface area contributed by atoms with Crippen molar-refractivity contribution in [2.45, 2.75) is 25.3 Å². The Labute approximate surface area is 125 Å². The summed E-state index contributed by atoms with van der Waals surface area (Å²) in [4.78, 5) is 14.8. The van der Waals surface area contributed by atoms with Gasteiger partial charge in [-0.3, -0.25) is 4.79 Å². The number of nitrogens with zero attached hydrogens (tertiary/aromatic N) is 1. The van der Waals surface area contributed by atoms with Gasteiger partial charge in [0, 0.05) is 42.4 Å². The first-order valence-corrected chi connectivity index (χ1v) is 7.50. The average molecular weight is 290 g/mol. The summed E-state index contributed by atoms with van der Waals surface area (Å²) < 4.78 is 10.6. The van der Waals surface area contributed by atoms with Crippen molar-refractivity contribution in [2.75, 3.05) is 32.6 Å². The Morgan fingerprint density at radius 2 is 2.19 bits per heavy atom. The van der Waals surface area contributed by atoms with Crippen molar-refractivity contribution >= 4 is 11.6 Å². The van der Waals surface area contributed by atoms with Gasteiger partial charge in [0.2, 0.25) is 0 Å². The summed E-state index contributed by atoms with van der Waals surface area (Å²) in [5.74, 6) is 1.13. The fourth-order valence-electron chi connectivity index (χ4n) is 2.82. The summed E-state index contributed by atoms with van der Waals surface area (Å²) in [6.45, 7) is 2.35. The summed E-state index contributed by atoms with van der Waals surface area (Å²) in [6.07, 6.45) is 3.23. The molecular formula is C16H22N2O3. The molecule has 1 aromatic carbocycles. The van der Waals surface area contributed by atoms with E-state index in [2.05, 4.69) is 0 Å². The van der Waals surface area contributed by atoms with Crippen LogP contribution in [0.15, 0.2) is 18.2 Å². The van der Waals surface area contributed by atoms with Crippen molar-refractivity contribution in [1.29, 1.82) is 0 Å². The molecule has 0 aromatic heterocycles. The monoisotopic (exact) mass is 290 g/mol. The zero-order valence-electron chi connectivity index (χ0n) is 12.4. The predicted molar refractivity (Wildman–Crippen MR) is 80.4 cm³/mol. The molecule has 2 fully saturated rings. The van der Waals surface area contributed by atoms with E-state index in [1.54, 1.807) is 25.3 Å². The molecule has 1 aliphatic carbocycles. The molecule has 21 heavy (non-hydrogen) atoms. The van der Waals surface area contributed by atoms with E-state index in [1.165, 1.54) is 0 Å². The normalized spacial score (nSPS) is 21.3. The third-order valence-corrected chi connectivity index (χ3v) is 4.14. The molecule has 2 N–H and O–H groups in total. The maximum absolute atomic E-state index is 12.8. The molecule has 1 atom stereocenters. The van der Waals surface area contributed by atoms with Crippen LogP contribution in [0.2, 0.25) is 0 Å². The smallest absolute Gasteiger partial charge is 0.254 e. The van der Waals surface area contributed by atoms with E-state index in [1.807, 2.05) is 4.90 Å². The molecule has 1 heterocycles. The zero-order chi connectivity index (χ0) is 14.8. The molecule has 114 valence electrons. The molecule has 1 aliphatic heterocycles. The third kappa shape index (κ3) is 3.29. The Morgan fingerprint density at radius 3 is 2.81 bits per heavy atom. The molecule has 0 bridgehead atoms. The van der Waals surface area contributed by atoms with Crippen molar-refractivity contribution in [2.24, 2.45) is 5.92 Å². The number of nitrogens with two attached hydrogens (primary N) is 1. The van der Waals surface area contributed by atoms with E-state index < -0.39 is 0 Å². The largest absolute Gasteiger partial charge is 0.497 e. The second-order valence-corrected chi connectivity index (χ2v) is 5.91. The minimum atomic E-state index is 0.0509. The number of anilines is 1. The molecule has 0 spiro atoms. The second-order valence-electron chi connectivity index (χ2n) is 5.91. The third-order valence-electron chi connectivity index (χ3n) is 4.14. The van der Waals surface area contributed by atoms with Gasteiger partial charge < -0.3 is 20.1 Å². The lowest BCUT2D eigenvalue weighted by molar-refractivity contribution is 0.0706. The van der Waals surface area contributed by atoms with Crippen molar-refractivity contribution < 1.29 is 14.3 Å². The molecule has 5 nitrogen and oxygen atoms in total. The van der Waals surface area contributed by atoms with Gasteiger partial charge in [0.15, 0.2) is 0 Å². The summed E-state index contributed by atoms with van der Waals surface area (Å²) >= 11 is 0. The van der Waals surface area contributed by atoms with Crippen LogP contribution in [0.25, 0.3) is 0 Å². The first kappa shape index (κ1) is 14.2.